The van der Waals surface area contributed by atoms with E-state index in [2.05, 4.69) is 25.8 Å². The normalized spacial score (nSPS) is 21.7. The van der Waals surface area contributed by atoms with E-state index >= 15 is 8.78 Å². The zero-order valence-electron chi connectivity index (χ0n) is 33.3. The number of carbonyl (C=O) groups excluding carboxylic acids is 4. The van der Waals surface area contributed by atoms with Gasteiger partial charge >= 0.3 is 0 Å². The number of hydrogen-bond donors (Lipinski definition) is 3. The van der Waals surface area contributed by atoms with Gasteiger partial charge in [0, 0.05) is 88.7 Å². The molecule has 2 aromatic heterocycles. The monoisotopic (exact) mass is 830 g/mol. The fourth-order valence-corrected chi connectivity index (χ4v) is 8.87. The number of likely N-dealkylation sites (tertiary alicyclic amines) is 1. The van der Waals surface area contributed by atoms with Crippen LogP contribution in [0.4, 0.5) is 26.0 Å². The Labute approximate surface area is 346 Å². The van der Waals surface area contributed by atoms with Crippen molar-refractivity contribution >= 4 is 58.1 Å². The molecule has 59 heavy (non-hydrogen) atoms. The van der Waals surface area contributed by atoms with Gasteiger partial charge in [0.1, 0.15) is 0 Å². The number of imidazole rings is 1. The van der Waals surface area contributed by atoms with Crippen LogP contribution < -0.4 is 20.9 Å². The largest absolute Gasteiger partial charge is 0.385 e. The number of nitrogens with zero attached hydrogens (tertiary/aromatic N) is 7. The van der Waals surface area contributed by atoms with Crippen molar-refractivity contribution in [2.45, 2.75) is 69.4 Å². The number of alkyl halides is 2. The van der Waals surface area contributed by atoms with Gasteiger partial charge in [-0.05, 0) is 60.2 Å². The number of carbonyl (C=O) groups is 4. The van der Waals surface area contributed by atoms with Crippen molar-refractivity contribution in [2.75, 3.05) is 70.1 Å². The van der Waals surface area contributed by atoms with E-state index in [4.69, 9.17) is 16.7 Å². The van der Waals surface area contributed by atoms with E-state index in [9.17, 15) is 19.2 Å². The Morgan fingerprint density at radius 2 is 1.75 bits per heavy atom. The summed E-state index contributed by atoms with van der Waals surface area (Å²) in [6.07, 6.45) is 7.51. The molecular formula is C42H49ClF2N10O4. The summed E-state index contributed by atoms with van der Waals surface area (Å²) in [4.78, 5) is 62.0. The maximum Gasteiger partial charge on any atom is 0.275 e. The van der Waals surface area contributed by atoms with Crippen molar-refractivity contribution in [3.8, 4) is 0 Å². The van der Waals surface area contributed by atoms with Gasteiger partial charge < -0.3 is 20.4 Å². The molecule has 17 heteroatoms. The second kappa shape index (κ2) is 16.8. The number of benzene rings is 2. The summed E-state index contributed by atoms with van der Waals surface area (Å²) < 4.78 is 33.5. The first-order valence-corrected chi connectivity index (χ1v) is 20.8. The molecule has 0 bridgehead atoms. The summed E-state index contributed by atoms with van der Waals surface area (Å²) in [5.74, 6) is -4.28. The minimum Gasteiger partial charge on any atom is -0.385 e. The van der Waals surface area contributed by atoms with Crippen LogP contribution in [-0.4, -0.2) is 125 Å². The topological polar surface area (TPSA) is 148 Å². The van der Waals surface area contributed by atoms with Gasteiger partial charge in [-0.25, -0.2) is 18.3 Å². The molecule has 14 nitrogen and oxygen atoms in total. The Balaban J connectivity index is 0.00000154. The average molecular weight is 831 g/mol. The third kappa shape index (κ3) is 8.35. The van der Waals surface area contributed by atoms with E-state index in [1.807, 2.05) is 34.1 Å². The lowest BCUT2D eigenvalue weighted by Crippen LogP contribution is -2.62. The lowest BCUT2D eigenvalue weighted by atomic mass is 9.89. The number of halogens is 3. The van der Waals surface area contributed by atoms with Gasteiger partial charge in [-0.15, -0.1) is 5.10 Å². The van der Waals surface area contributed by atoms with Crippen LogP contribution in [0.25, 0.3) is 5.65 Å². The lowest BCUT2D eigenvalue weighted by Gasteiger charge is -2.46. The van der Waals surface area contributed by atoms with Gasteiger partial charge in [0.25, 0.3) is 17.7 Å². The second-order valence-corrected chi connectivity index (χ2v) is 16.3. The SMILES string of the molecule is C1CC1.CNC(=O)c1cnc2c(NC)cc(N3CCc4c(CN5CCC(N6CCN(C(=O)c7ccc(Cl)c(C8CCC(=O)NC8=O)c7)CC6)C(F)(F)C5)cccc43)nn12. The number of fused-ring (bicyclic) bond motifs is 2. The van der Waals surface area contributed by atoms with Crippen molar-refractivity contribution in [3.63, 3.8) is 0 Å². The Morgan fingerprint density at radius 3 is 2.44 bits per heavy atom. The Bertz CT molecular complexity index is 2270. The van der Waals surface area contributed by atoms with Crippen molar-refractivity contribution in [2.24, 2.45) is 0 Å². The zero-order chi connectivity index (χ0) is 41.4. The van der Waals surface area contributed by atoms with Crippen LogP contribution in [-0.2, 0) is 22.6 Å². The highest BCUT2D eigenvalue weighted by Crippen LogP contribution is 2.39. The third-order valence-corrected chi connectivity index (χ3v) is 12.2. The van der Waals surface area contributed by atoms with Crippen molar-refractivity contribution < 1.29 is 28.0 Å². The molecule has 4 fully saturated rings. The molecule has 312 valence electrons. The maximum atomic E-state index is 16.0. The predicted octanol–water partition coefficient (Wildman–Crippen LogP) is 4.84. The first-order chi connectivity index (χ1) is 28.4. The summed E-state index contributed by atoms with van der Waals surface area (Å²) in [6.45, 7) is 2.40. The molecule has 0 radical (unpaired) electrons. The molecule has 6 heterocycles. The van der Waals surface area contributed by atoms with Gasteiger partial charge in [0.2, 0.25) is 11.8 Å². The van der Waals surface area contributed by atoms with Crippen LogP contribution in [0.2, 0.25) is 5.02 Å². The third-order valence-electron chi connectivity index (χ3n) is 11.9. The molecule has 4 aliphatic heterocycles. The Morgan fingerprint density at radius 1 is 0.966 bits per heavy atom. The lowest BCUT2D eigenvalue weighted by molar-refractivity contribution is -0.134. The molecule has 4 aromatic rings. The van der Waals surface area contributed by atoms with Crippen LogP contribution in [0, 0.1) is 0 Å². The van der Waals surface area contributed by atoms with E-state index in [0.29, 0.717) is 92.0 Å². The van der Waals surface area contributed by atoms with Crippen LogP contribution in [0.5, 0.6) is 0 Å². The average Bonchev–Trinajstić information content (AvgIpc) is 3.95. The number of rotatable bonds is 8. The minimum absolute atomic E-state index is 0.189. The predicted molar refractivity (Wildman–Crippen MR) is 220 cm³/mol. The Hall–Kier alpha value is -5.19. The van der Waals surface area contributed by atoms with Gasteiger partial charge in [-0.1, -0.05) is 43.0 Å². The molecule has 2 atom stereocenters. The fraction of sp³-hybridized carbons (Fsp3) is 0.476. The zero-order valence-corrected chi connectivity index (χ0v) is 34.0. The van der Waals surface area contributed by atoms with Gasteiger partial charge in [-0.2, -0.15) is 0 Å². The van der Waals surface area contributed by atoms with E-state index < -0.39 is 23.8 Å². The molecule has 3 saturated heterocycles. The number of hydrogen-bond acceptors (Lipinski definition) is 10. The number of nitrogens with one attached hydrogen (secondary N) is 3. The van der Waals surface area contributed by atoms with Crippen LogP contribution in [0.15, 0.2) is 48.7 Å². The highest BCUT2D eigenvalue weighted by Gasteiger charge is 2.48. The fourth-order valence-electron chi connectivity index (χ4n) is 8.62. The van der Waals surface area contributed by atoms with Gasteiger partial charge in [0.15, 0.2) is 17.2 Å². The molecule has 2 aromatic carbocycles. The van der Waals surface area contributed by atoms with E-state index in [1.165, 1.54) is 30.0 Å². The molecule has 3 N–H and O–H groups in total. The first kappa shape index (κ1) is 40.6. The van der Waals surface area contributed by atoms with Crippen LogP contribution >= 0.6 is 11.6 Å². The standard InChI is InChI=1S/C39H43ClF2N10O4.C3H6/c1-43-29-19-33(47-52-31(37(55)44-2)20-45-35(29)52)51-13-10-25-24(4-3-5-30(25)51)21-48-12-11-32(39(41,42)22-48)49-14-16-50(17-15-49)38(56)23-6-8-28(40)27(18-23)26-7-9-34(53)46-36(26)54;1-2-3-1/h3-6,8,18-20,26,32,43H,7,9-17,21-22H2,1-2H3,(H,44,55)(H,46,53,54);1-3H2. The summed E-state index contributed by atoms with van der Waals surface area (Å²) >= 11 is 6.41. The van der Waals surface area contributed by atoms with Gasteiger partial charge in [0.05, 0.1) is 30.4 Å². The molecule has 2 unspecified atom stereocenters. The summed E-state index contributed by atoms with van der Waals surface area (Å²) in [7, 11) is 3.34. The quantitative estimate of drug-likeness (QED) is 0.211. The van der Waals surface area contributed by atoms with E-state index in [-0.39, 0.29) is 30.7 Å². The smallest absolute Gasteiger partial charge is 0.275 e. The van der Waals surface area contributed by atoms with Gasteiger partial charge in [-0.3, -0.25) is 34.3 Å². The number of amides is 4. The van der Waals surface area contributed by atoms with Crippen molar-refractivity contribution in [3.05, 3.63) is 81.6 Å². The molecular weight excluding hydrogens is 782 g/mol. The molecule has 9 rings (SSSR count). The maximum absolute atomic E-state index is 16.0. The van der Waals surface area contributed by atoms with Crippen molar-refractivity contribution in [1.82, 2.24) is 39.9 Å². The van der Waals surface area contributed by atoms with Crippen molar-refractivity contribution in [1.29, 1.82) is 0 Å². The first-order valence-electron chi connectivity index (χ1n) is 20.4. The Kier molecular flexibility index (Phi) is 11.6. The number of aromatic nitrogens is 3. The van der Waals surface area contributed by atoms with Crippen LogP contribution in [0.1, 0.15) is 82.0 Å². The highest BCUT2D eigenvalue weighted by atomic mass is 35.5. The second-order valence-electron chi connectivity index (χ2n) is 15.8. The molecule has 5 aliphatic rings. The number of imide groups is 1. The highest BCUT2D eigenvalue weighted by molar-refractivity contribution is 6.32. The summed E-state index contributed by atoms with van der Waals surface area (Å²) in [5.41, 5.74) is 5.47. The number of anilines is 3. The van der Waals surface area contributed by atoms with E-state index in [0.717, 1.165) is 28.9 Å². The number of piperazine rings is 1. The molecule has 4 amide bonds. The summed E-state index contributed by atoms with van der Waals surface area (Å²) in [6, 6.07) is 11.7. The molecule has 0 spiro atoms. The van der Waals surface area contributed by atoms with E-state index in [1.54, 1.807) is 37.2 Å². The molecule has 1 aliphatic carbocycles. The number of piperidine rings is 2. The minimum atomic E-state index is -2.96. The summed E-state index contributed by atoms with van der Waals surface area (Å²) in [5, 5.41) is 13.2. The molecule has 1 saturated carbocycles. The van der Waals surface area contributed by atoms with Crippen LogP contribution in [0.3, 0.4) is 0 Å².